The molecule has 9 N–H and O–H groups in total. The van der Waals surface area contributed by atoms with E-state index in [1.54, 1.807) is 0 Å². The van der Waals surface area contributed by atoms with Gasteiger partial charge < -0.3 is 32.9 Å². The number of ether oxygens (including phenoxy) is 1. The number of benzene rings is 4. The largest absolute Gasteiger partial charge is 0.582 e. The van der Waals surface area contributed by atoms with Gasteiger partial charge in [0.25, 0.3) is 36.3 Å². The summed E-state index contributed by atoms with van der Waals surface area (Å²) in [6.45, 7) is 7.01. The molecule has 0 radical (unpaired) electrons. The van der Waals surface area contributed by atoms with E-state index in [9.17, 15) is 44.2 Å². The Balaban J connectivity index is 1.10. The van der Waals surface area contributed by atoms with Gasteiger partial charge in [-0.2, -0.15) is 51.5 Å². The summed E-state index contributed by atoms with van der Waals surface area (Å²) in [4.78, 5) is 75.8. The van der Waals surface area contributed by atoms with Gasteiger partial charge in [-0.1, -0.05) is 97.1 Å². The number of nitrogens with one attached hydrogen (secondary N) is 2. The number of fused-ring (bicyclic) bond motifs is 14. The third-order valence-corrected chi connectivity index (χ3v) is 30.7. The van der Waals surface area contributed by atoms with Crippen LogP contribution in [0.5, 0.6) is 0 Å². The fourth-order valence-electron chi connectivity index (χ4n) is 12.0. The summed E-state index contributed by atoms with van der Waals surface area (Å²) < 4.78 is 117. The lowest BCUT2D eigenvalue weighted by Gasteiger charge is -2.43. The molecular weight excluding hydrogens is 1320 g/mol. The van der Waals surface area contributed by atoms with Gasteiger partial charge in [-0.25, -0.2) is 34.7 Å². The fourth-order valence-corrected chi connectivity index (χ4v) is 26.3. The molecule has 2 amide bonds. The summed E-state index contributed by atoms with van der Waals surface area (Å²) in [7, 11) is -24.2. The van der Waals surface area contributed by atoms with Gasteiger partial charge in [0.2, 0.25) is 5.91 Å². The van der Waals surface area contributed by atoms with Crippen LogP contribution >= 0.6 is 0 Å². The van der Waals surface area contributed by atoms with Crippen molar-refractivity contribution in [2.45, 2.75) is 70.4 Å². The molecule has 0 spiro atoms. The van der Waals surface area contributed by atoms with E-state index in [-0.39, 0.29) is 63.0 Å². The molecule has 6 bridgehead atoms. The van der Waals surface area contributed by atoms with Crippen LogP contribution in [0.3, 0.4) is 0 Å². The zero-order valence-corrected chi connectivity index (χ0v) is 57.0. The molecule has 4 aromatic carbocycles. The van der Waals surface area contributed by atoms with Crippen molar-refractivity contribution in [3.05, 3.63) is 130 Å². The van der Waals surface area contributed by atoms with Crippen LogP contribution in [0.1, 0.15) is 54.4 Å². The zero-order valence-electron chi connectivity index (χ0n) is 51.5. The molecule has 0 saturated heterocycles. The number of quaternary nitrogens is 1. The normalized spacial score (nSPS) is 16.1. The minimum Gasteiger partial charge on any atom is -0.404 e. The van der Waals surface area contributed by atoms with Crippen molar-refractivity contribution < 1.29 is 75.0 Å². The molecule has 4 aliphatic rings. The first-order valence-corrected chi connectivity index (χ1v) is 42.6. The molecule has 0 saturated carbocycles. The highest BCUT2D eigenvalue weighted by atomic mass is 32.2. The van der Waals surface area contributed by atoms with Gasteiger partial charge >= 0.3 is 14.9 Å². The molecule has 0 aliphatic carbocycles. The van der Waals surface area contributed by atoms with Crippen molar-refractivity contribution in [2.24, 2.45) is 47.6 Å². The van der Waals surface area contributed by atoms with E-state index in [1.165, 1.54) is 0 Å². The first kappa shape index (κ1) is 68.6. The molecular formula is C57H73N14O16S3Si3+. The van der Waals surface area contributed by atoms with Gasteiger partial charge in [-0.3, -0.25) is 22.6 Å². The number of aliphatic imine (C=N–C) groups is 4. The average molecular weight is 1390 g/mol. The Hall–Kier alpha value is -7.25. The second-order valence-corrected chi connectivity index (χ2v) is 40.7. The van der Waals surface area contributed by atoms with E-state index in [1.807, 2.05) is 106 Å². The molecule has 2 aromatic heterocycles. The highest BCUT2D eigenvalue weighted by Crippen LogP contribution is 2.45. The summed E-state index contributed by atoms with van der Waals surface area (Å²) >= 11 is 0. The predicted molar refractivity (Wildman–Crippen MR) is 352 cm³/mol. The third-order valence-electron chi connectivity index (χ3n) is 16.1. The zero-order chi connectivity index (χ0) is 66.6. The molecule has 4 aliphatic heterocycles. The van der Waals surface area contributed by atoms with Gasteiger partial charge in [-0.05, 0) is 51.1 Å². The fraction of sp³-hybridized carbons (Fsp3) is 0.386. The van der Waals surface area contributed by atoms with Crippen molar-refractivity contribution in [1.29, 1.82) is 0 Å². The second kappa shape index (κ2) is 28.0. The third kappa shape index (κ3) is 15.8. The van der Waals surface area contributed by atoms with Crippen molar-refractivity contribution in [3.63, 3.8) is 0 Å². The molecule has 30 nitrogen and oxygen atoms in total. The number of hydrogen-bond donors (Lipinski definition) is 6. The highest BCUT2D eigenvalue weighted by molar-refractivity contribution is 7.87. The summed E-state index contributed by atoms with van der Waals surface area (Å²) in [5.74, 6) is 13.7. The second-order valence-electron chi connectivity index (χ2n) is 24.0. The lowest BCUT2D eigenvalue weighted by Crippen LogP contribution is -2.70. The lowest BCUT2D eigenvalue weighted by molar-refractivity contribution is -0.920. The van der Waals surface area contributed by atoms with Crippen molar-refractivity contribution >= 4 is 130 Å². The molecule has 1 atom stereocenters. The van der Waals surface area contributed by atoms with Crippen LogP contribution in [0.25, 0.3) is 21.5 Å². The first-order valence-electron chi connectivity index (χ1n) is 29.9. The van der Waals surface area contributed by atoms with Crippen LogP contribution in [0.4, 0.5) is 11.6 Å². The maximum Gasteiger partial charge on any atom is 0.582 e. The number of rotatable bonds is 32. The lowest BCUT2D eigenvalue weighted by atomic mass is 10.1. The Morgan fingerprint density at radius 1 is 0.527 bits per heavy atom. The van der Waals surface area contributed by atoms with Gasteiger partial charge in [0.1, 0.15) is 35.8 Å². The van der Waals surface area contributed by atoms with Crippen molar-refractivity contribution in [1.82, 2.24) is 19.1 Å². The van der Waals surface area contributed by atoms with E-state index in [2.05, 4.69) is 50.2 Å². The SMILES string of the molecule is C[Si](C)(CCCNC(=O)COCC(=O)ON)O[Si]1(O[Si](C)(C)CCCNC(=O)C[N+](CCCS(=O)(=O)O)(CCCS(=O)(=O)ON)CCCS(=O)(=O)ON)n2c3c4ccccc4c2N=C2N=C(N=c4c5ccccc5c(n41)=NC1=NC(=N3)c3ccccc31)c1ccccc12. The quantitative estimate of drug-likeness (QED) is 0.0116. The summed E-state index contributed by atoms with van der Waals surface area (Å²) in [5, 5.41) is 8.66. The maximum atomic E-state index is 14.4. The molecule has 1 unspecified atom stereocenters. The van der Waals surface area contributed by atoms with Crippen LogP contribution in [0.15, 0.2) is 127 Å². The first-order chi connectivity index (χ1) is 44.2. The van der Waals surface area contributed by atoms with E-state index >= 15 is 0 Å². The predicted octanol–water partition coefficient (Wildman–Crippen LogP) is 2.58. The standard InChI is InChI=1S/C57H72N14O16S3Si3/c1-91(2,34-13-26-61-47(72)36-71(28-15-31-88(75,76)77,29-16-32-89(78,79)84-59)30-17-33-90(80,81)85-60)86-93(87-92(3,4)35-14-27-62-48(73)37-82-38-49(74)83-58)69-54-43-22-9-10-23-44(43)56(69)67-52-41-20-7-8-21-42(41)53(64-52)68-57-46-25-12-11-24-45(46)55(70(57)93)66-51-40-19-6-5-18-39(40)50(63-51)65-54/h5-12,18-25H,13-17,26-38,58-60H2,1-4H3,(H2-,61,62,72,73,75,76,77)/p+1. The van der Waals surface area contributed by atoms with Gasteiger partial charge in [0.05, 0.1) is 36.9 Å². The molecule has 10 rings (SSSR count). The number of amidine groups is 4. The maximum absolute atomic E-state index is 14.4. The summed E-state index contributed by atoms with van der Waals surface area (Å²) in [5.41, 5.74) is 3.80. The van der Waals surface area contributed by atoms with Crippen LogP contribution in [-0.4, -0.2) is 179 Å². The molecule has 496 valence electrons. The molecule has 6 heterocycles. The van der Waals surface area contributed by atoms with E-state index in [0.717, 1.165) is 22.3 Å². The molecule has 93 heavy (non-hydrogen) atoms. The van der Waals surface area contributed by atoms with E-state index < -0.39 is 104 Å². The Morgan fingerprint density at radius 3 is 1.34 bits per heavy atom. The minimum absolute atomic E-state index is 0.0744. The number of amides is 2. The van der Waals surface area contributed by atoms with Gasteiger partial charge in [-0.15, -0.1) is 0 Å². The minimum atomic E-state index is -4.78. The van der Waals surface area contributed by atoms with Crippen LogP contribution in [0, 0.1) is 0 Å². The van der Waals surface area contributed by atoms with Gasteiger partial charge in [0.15, 0.2) is 46.5 Å². The highest BCUT2D eigenvalue weighted by Gasteiger charge is 2.58. The molecule has 6 aromatic rings. The topological polar surface area (TPSA) is 415 Å². The summed E-state index contributed by atoms with van der Waals surface area (Å²) in [6.07, 6.45) is 0.319. The van der Waals surface area contributed by atoms with E-state index in [4.69, 9.17) is 60.6 Å². The molecule has 36 heteroatoms. The Bertz CT molecular complexity index is 4340. The smallest absolute Gasteiger partial charge is 0.404 e. The van der Waals surface area contributed by atoms with Crippen LogP contribution in [-0.2, 0) is 71.1 Å². The van der Waals surface area contributed by atoms with Gasteiger partial charge in [0, 0.05) is 76.2 Å². The Kier molecular flexibility index (Phi) is 20.6. The monoisotopic (exact) mass is 1390 g/mol. The Labute approximate surface area is 539 Å². The average Bonchev–Trinajstić information content (AvgIpc) is 1.56. The number of carbonyl (C=O) groups is 3. The molecule has 0 fully saturated rings. The van der Waals surface area contributed by atoms with Crippen LogP contribution < -0.4 is 39.3 Å². The van der Waals surface area contributed by atoms with Crippen molar-refractivity contribution in [3.8, 4) is 0 Å². The number of aromatic nitrogens is 2. The van der Waals surface area contributed by atoms with Crippen LogP contribution in [0.2, 0.25) is 38.3 Å². The number of nitrogens with zero attached hydrogens (tertiary/aromatic N) is 9. The number of nitrogens with two attached hydrogens (primary N) is 3. The number of carbonyl (C=O) groups excluding carboxylic acids is 3. The van der Waals surface area contributed by atoms with Crippen molar-refractivity contribution in [2.75, 3.05) is 69.7 Å². The summed E-state index contributed by atoms with van der Waals surface area (Å²) in [6, 6.07) is 31.9. The number of hydrogen-bond acceptors (Lipinski definition) is 24. The van der Waals surface area contributed by atoms with E-state index in [0.29, 0.717) is 92.4 Å². The Morgan fingerprint density at radius 2 is 0.925 bits per heavy atom.